The van der Waals surface area contributed by atoms with E-state index in [1.165, 1.54) is 20.0 Å². The fraction of sp³-hybridized carbons (Fsp3) is 0.846. The van der Waals surface area contributed by atoms with E-state index in [0.29, 0.717) is 12.8 Å². The van der Waals surface area contributed by atoms with Gasteiger partial charge in [0.2, 0.25) is 5.91 Å². The molecule has 0 saturated heterocycles. The first-order chi connectivity index (χ1) is 8.22. The lowest BCUT2D eigenvalue weighted by Crippen LogP contribution is -2.25. The van der Waals surface area contributed by atoms with Crippen molar-refractivity contribution in [1.82, 2.24) is 5.32 Å². The zero-order valence-corrected chi connectivity index (χ0v) is 10.7. The summed E-state index contributed by atoms with van der Waals surface area (Å²) in [4.78, 5) is 22.2. The van der Waals surface area contributed by atoms with E-state index >= 15 is 0 Å². The summed E-state index contributed by atoms with van der Waals surface area (Å²) in [5, 5.41) is 2.95. The van der Waals surface area contributed by atoms with Crippen LogP contribution in [0.3, 0.4) is 0 Å². The minimum Gasteiger partial charge on any atom is -0.469 e. The maximum absolute atomic E-state index is 11.4. The quantitative estimate of drug-likeness (QED) is 0.496. The summed E-state index contributed by atoms with van der Waals surface area (Å²) in [7, 11) is 1.41. The van der Waals surface area contributed by atoms with Gasteiger partial charge in [0.15, 0.2) is 0 Å². The number of carbonyl (C=O) groups is 2. The largest absolute Gasteiger partial charge is 0.469 e. The lowest BCUT2D eigenvalue weighted by molar-refractivity contribution is -0.140. The van der Waals surface area contributed by atoms with Crippen molar-refractivity contribution in [2.75, 3.05) is 13.7 Å². The summed E-state index contributed by atoms with van der Waals surface area (Å²) >= 11 is 0. The molecule has 1 aliphatic carbocycles. The second kappa shape index (κ2) is 8.09. The average Bonchev–Trinajstić information content (AvgIpc) is 3.14. The Hall–Kier alpha value is -1.06. The number of amides is 1. The highest BCUT2D eigenvalue weighted by Gasteiger charge is 2.21. The fourth-order valence-electron chi connectivity index (χ4n) is 1.68. The molecule has 0 aliphatic heterocycles. The van der Waals surface area contributed by atoms with Gasteiger partial charge in [0.05, 0.1) is 7.11 Å². The van der Waals surface area contributed by atoms with E-state index in [9.17, 15) is 9.59 Å². The van der Waals surface area contributed by atoms with Crippen molar-refractivity contribution in [3.63, 3.8) is 0 Å². The smallest absolute Gasteiger partial charge is 0.305 e. The van der Waals surface area contributed by atoms with Gasteiger partial charge in [-0.1, -0.05) is 12.8 Å². The van der Waals surface area contributed by atoms with Crippen molar-refractivity contribution in [3.8, 4) is 0 Å². The Morgan fingerprint density at radius 3 is 2.35 bits per heavy atom. The van der Waals surface area contributed by atoms with E-state index in [4.69, 9.17) is 0 Å². The summed E-state index contributed by atoms with van der Waals surface area (Å²) in [6.45, 7) is 0.862. The third-order valence-corrected chi connectivity index (χ3v) is 3.05. The second-order valence-electron chi connectivity index (χ2n) is 4.74. The molecular formula is C13H23NO3. The molecule has 0 spiro atoms. The Kier molecular flexibility index (Phi) is 6.67. The molecule has 0 atom stereocenters. The number of hydrogen-bond acceptors (Lipinski definition) is 3. The van der Waals surface area contributed by atoms with Crippen LogP contribution in [0.1, 0.15) is 51.4 Å². The molecule has 1 aliphatic rings. The topological polar surface area (TPSA) is 55.4 Å². The van der Waals surface area contributed by atoms with Crippen LogP contribution in [-0.2, 0) is 14.3 Å². The highest BCUT2D eigenvalue weighted by Crippen LogP contribution is 2.27. The van der Waals surface area contributed by atoms with Crippen molar-refractivity contribution in [2.45, 2.75) is 51.4 Å². The molecule has 0 heterocycles. The van der Waals surface area contributed by atoms with Crippen LogP contribution in [0.2, 0.25) is 0 Å². The lowest BCUT2D eigenvalue weighted by atomic mass is 10.1. The monoisotopic (exact) mass is 241 g/mol. The van der Waals surface area contributed by atoms with Crippen LogP contribution < -0.4 is 5.32 Å². The molecule has 1 amide bonds. The number of unbranched alkanes of at least 4 members (excludes halogenated alkanes) is 3. The predicted molar refractivity (Wildman–Crippen MR) is 65.5 cm³/mol. The van der Waals surface area contributed by atoms with Crippen molar-refractivity contribution in [2.24, 2.45) is 5.92 Å². The summed E-state index contributed by atoms with van der Waals surface area (Å²) in [6.07, 6.45) is 7.42. The van der Waals surface area contributed by atoms with Gasteiger partial charge in [-0.3, -0.25) is 9.59 Å². The highest BCUT2D eigenvalue weighted by molar-refractivity contribution is 5.75. The van der Waals surface area contributed by atoms with Crippen LogP contribution in [0.5, 0.6) is 0 Å². The molecule has 1 rings (SSSR count). The number of nitrogens with one attached hydrogen (secondary N) is 1. The summed E-state index contributed by atoms with van der Waals surface area (Å²) in [5.74, 6) is 0.774. The molecule has 0 aromatic rings. The number of rotatable bonds is 9. The normalized spacial score (nSPS) is 14.4. The van der Waals surface area contributed by atoms with Crippen LogP contribution in [-0.4, -0.2) is 25.5 Å². The van der Waals surface area contributed by atoms with Gasteiger partial charge in [0.1, 0.15) is 0 Å². The van der Waals surface area contributed by atoms with Crippen LogP contribution in [0.15, 0.2) is 0 Å². The lowest BCUT2D eigenvalue weighted by Gasteiger charge is -2.03. The summed E-state index contributed by atoms with van der Waals surface area (Å²) in [6, 6.07) is 0. The van der Waals surface area contributed by atoms with E-state index < -0.39 is 0 Å². The first-order valence-corrected chi connectivity index (χ1v) is 6.56. The van der Waals surface area contributed by atoms with Gasteiger partial charge in [-0.15, -0.1) is 0 Å². The Balaban J connectivity index is 1.82. The van der Waals surface area contributed by atoms with Crippen molar-refractivity contribution in [1.29, 1.82) is 0 Å². The van der Waals surface area contributed by atoms with Gasteiger partial charge in [-0.05, 0) is 31.6 Å². The molecule has 4 heteroatoms. The van der Waals surface area contributed by atoms with Gasteiger partial charge in [-0.25, -0.2) is 0 Å². The predicted octanol–water partition coefficient (Wildman–Crippen LogP) is 2.03. The molecule has 4 nitrogen and oxygen atoms in total. The van der Waals surface area contributed by atoms with Crippen LogP contribution in [0.4, 0.5) is 0 Å². The maximum Gasteiger partial charge on any atom is 0.305 e. The molecule has 0 unspecified atom stereocenters. The van der Waals surface area contributed by atoms with Gasteiger partial charge in [0.25, 0.3) is 0 Å². The zero-order chi connectivity index (χ0) is 12.5. The number of esters is 1. The molecule has 0 radical (unpaired) electrons. The van der Waals surface area contributed by atoms with Crippen molar-refractivity contribution in [3.05, 3.63) is 0 Å². The third-order valence-electron chi connectivity index (χ3n) is 3.05. The second-order valence-corrected chi connectivity index (χ2v) is 4.74. The Morgan fingerprint density at radius 2 is 1.76 bits per heavy atom. The Morgan fingerprint density at radius 1 is 1.12 bits per heavy atom. The number of ether oxygens (including phenoxy) is 1. The number of carbonyl (C=O) groups excluding carboxylic acids is 2. The SMILES string of the molecule is COC(=O)CCCCCCC(=O)NCC1CC1. The summed E-state index contributed by atoms with van der Waals surface area (Å²) < 4.78 is 4.55. The molecule has 17 heavy (non-hydrogen) atoms. The highest BCUT2D eigenvalue weighted by atomic mass is 16.5. The molecule has 1 fully saturated rings. The molecule has 98 valence electrons. The van der Waals surface area contributed by atoms with E-state index in [2.05, 4.69) is 10.1 Å². The van der Waals surface area contributed by atoms with Crippen LogP contribution in [0.25, 0.3) is 0 Å². The van der Waals surface area contributed by atoms with Crippen LogP contribution >= 0.6 is 0 Å². The van der Waals surface area contributed by atoms with Gasteiger partial charge in [-0.2, -0.15) is 0 Å². The van der Waals surface area contributed by atoms with E-state index in [1.807, 2.05) is 0 Å². The van der Waals surface area contributed by atoms with E-state index in [1.54, 1.807) is 0 Å². The van der Waals surface area contributed by atoms with Gasteiger partial charge in [0, 0.05) is 19.4 Å². The first-order valence-electron chi connectivity index (χ1n) is 6.56. The van der Waals surface area contributed by atoms with Gasteiger partial charge >= 0.3 is 5.97 Å². The maximum atomic E-state index is 11.4. The molecule has 0 aromatic heterocycles. The van der Waals surface area contributed by atoms with Gasteiger partial charge < -0.3 is 10.1 Å². The summed E-state index contributed by atoms with van der Waals surface area (Å²) in [5.41, 5.74) is 0. The molecule has 0 bridgehead atoms. The molecule has 1 saturated carbocycles. The van der Waals surface area contributed by atoms with Crippen LogP contribution in [0, 0.1) is 5.92 Å². The molecule has 0 aromatic carbocycles. The fourth-order valence-corrected chi connectivity index (χ4v) is 1.68. The first kappa shape index (κ1) is 14.0. The minimum atomic E-state index is -0.146. The minimum absolute atomic E-state index is 0.146. The molecule has 1 N–H and O–H groups in total. The standard InChI is InChI=1S/C13H23NO3/c1-17-13(16)7-5-3-2-4-6-12(15)14-10-11-8-9-11/h11H,2-10H2,1H3,(H,14,15). The Labute approximate surface area is 103 Å². The Bertz CT molecular complexity index is 249. The van der Waals surface area contributed by atoms with E-state index in [-0.39, 0.29) is 11.9 Å². The van der Waals surface area contributed by atoms with E-state index in [0.717, 1.165) is 38.1 Å². The zero-order valence-electron chi connectivity index (χ0n) is 10.7. The third kappa shape index (κ3) is 7.77. The van der Waals surface area contributed by atoms with Crippen molar-refractivity contribution >= 4 is 11.9 Å². The average molecular weight is 241 g/mol. The molecular weight excluding hydrogens is 218 g/mol. The number of methoxy groups -OCH3 is 1. The van der Waals surface area contributed by atoms with Crippen molar-refractivity contribution < 1.29 is 14.3 Å². The number of hydrogen-bond donors (Lipinski definition) is 1.